The summed E-state index contributed by atoms with van der Waals surface area (Å²) < 4.78 is 73.8. The molecular weight excluding hydrogens is 532 g/mol. The van der Waals surface area contributed by atoms with Crippen molar-refractivity contribution in [3.8, 4) is 11.5 Å². The van der Waals surface area contributed by atoms with Gasteiger partial charge in [-0.25, -0.2) is 9.97 Å². The Morgan fingerprint density at radius 3 is 2.67 bits per heavy atom. The van der Waals surface area contributed by atoms with Crippen LogP contribution in [0.25, 0.3) is 0 Å². The van der Waals surface area contributed by atoms with E-state index in [1.54, 1.807) is 0 Å². The van der Waals surface area contributed by atoms with E-state index in [0.29, 0.717) is 5.57 Å². The zero-order valence-corrected chi connectivity index (χ0v) is 20.2. The Morgan fingerprint density at radius 1 is 1.28 bits per heavy atom. The highest BCUT2D eigenvalue weighted by Gasteiger charge is 2.31. The van der Waals surface area contributed by atoms with Crippen molar-refractivity contribution in [3.63, 3.8) is 0 Å². The molecule has 3 rings (SSSR count). The van der Waals surface area contributed by atoms with Gasteiger partial charge in [-0.3, -0.25) is 4.79 Å². The quantitative estimate of drug-likeness (QED) is 0.289. The van der Waals surface area contributed by atoms with E-state index in [1.807, 2.05) is 0 Å². The summed E-state index contributed by atoms with van der Waals surface area (Å²) in [6, 6.07) is 3.52. The molecule has 13 heteroatoms. The lowest BCUT2D eigenvalue weighted by atomic mass is 9.97. The van der Waals surface area contributed by atoms with Crippen LogP contribution in [0.1, 0.15) is 34.7 Å². The number of allylic oxidation sites excluding steroid dienone is 3. The van der Waals surface area contributed by atoms with Crippen LogP contribution in [0, 0.1) is 6.92 Å². The number of hydrogen-bond donors (Lipinski definition) is 1. The summed E-state index contributed by atoms with van der Waals surface area (Å²) in [7, 11) is 0. The standard InChI is InChI=1S/C23H20Cl2F5N3O3/c1-12-31-11-19(35-16-4-2-3-14(8-16)23(28,29)30)20(32-12)21(34)33-15(10-24)7-13-5-6-17(9-18(13)25)36-22(26)27/h2-6,8,11,15,18,22H,7,9-10H2,1H3,(H,33,34)/t15-,18?/m1/s1. The van der Waals surface area contributed by atoms with Crippen LogP contribution in [0.4, 0.5) is 22.0 Å². The monoisotopic (exact) mass is 551 g/mol. The molecule has 0 radical (unpaired) electrons. The van der Waals surface area contributed by atoms with E-state index in [2.05, 4.69) is 20.0 Å². The number of rotatable bonds is 9. The van der Waals surface area contributed by atoms with Crippen molar-refractivity contribution < 1.29 is 36.2 Å². The Labute approximate surface area is 213 Å². The van der Waals surface area contributed by atoms with Crippen LogP contribution in [0.2, 0.25) is 0 Å². The molecule has 1 aliphatic rings. The highest BCUT2D eigenvalue weighted by Crippen LogP contribution is 2.33. The first-order valence-corrected chi connectivity index (χ1v) is 11.5. The smallest absolute Gasteiger partial charge is 0.416 e. The van der Waals surface area contributed by atoms with Crippen molar-refractivity contribution in [3.05, 3.63) is 71.0 Å². The Bertz CT molecular complexity index is 1160. The highest BCUT2D eigenvalue weighted by atomic mass is 35.5. The minimum Gasteiger partial charge on any atom is -0.453 e. The molecule has 0 fully saturated rings. The molecule has 1 aromatic heterocycles. The lowest BCUT2D eigenvalue weighted by Gasteiger charge is -2.24. The average Bonchev–Trinajstić information content (AvgIpc) is 2.80. The fourth-order valence-electron chi connectivity index (χ4n) is 3.32. The molecule has 194 valence electrons. The van der Waals surface area contributed by atoms with Crippen molar-refractivity contribution in [1.82, 2.24) is 15.3 Å². The average molecular weight is 552 g/mol. The third-order valence-corrected chi connectivity index (χ3v) is 5.80. The van der Waals surface area contributed by atoms with Gasteiger partial charge in [0.1, 0.15) is 17.3 Å². The number of benzene rings is 1. The number of carbonyl (C=O) groups is 1. The largest absolute Gasteiger partial charge is 0.453 e. The SMILES string of the molecule is Cc1ncc(Oc2cccc(C(F)(F)F)c2)c(C(=O)N[C@@H](CCl)CC2=CC=C(OC(F)F)CC2Cl)n1. The Hall–Kier alpha value is -2.92. The van der Waals surface area contributed by atoms with Crippen LogP contribution in [-0.4, -0.2) is 39.8 Å². The maximum absolute atomic E-state index is 13.0. The Morgan fingerprint density at radius 2 is 2.03 bits per heavy atom. The number of carbonyl (C=O) groups excluding carboxylic acids is 1. The zero-order chi connectivity index (χ0) is 26.5. The minimum absolute atomic E-state index is 0.0231. The molecule has 1 amide bonds. The molecule has 0 spiro atoms. The van der Waals surface area contributed by atoms with Gasteiger partial charge in [0.15, 0.2) is 11.4 Å². The molecule has 36 heavy (non-hydrogen) atoms. The first-order valence-electron chi connectivity index (χ1n) is 10.5. The Kier molecular flexibility index (Phi) is 9.13. The number of amides is 1. The number of aryl methyl sites for hydroxylation is 1. The maximum atomic E-state index is 13.0. The van der Waals surface area contributed by atoms with Gasteiger partial charge in [0.05, 0.1) is 17.1 Å². The molecule has 1 N–H and O–H groups in total. The summed E-state index contributed by atoms with van der Waals surface area (Å²) in [4.78, 5) is 21.0. The summed E-state index contributed by atoms with van der Waals surface area (Å²) in [5.74, 6) is -0.779. The van der Waals surface area contributed by atoms with Gasteiger partial charge in [-0.05, 0) is 43.2 Å². The van der Waals surface area contributed by atoms with E-state index < -0.39 is 35.7 Å². The fourth-order valence-corrected chi connectivity index (χ4v) is 3.82. The van der Waals surface area contributed by atoms with Gasteiger partial charge < -0.3 is 14.8 Å². The van der Waals surface area contributed by atoms with E-state index in [0.717, 1.165) is 12.1 Å². The Balaban J connectivity index is 1.76. The highest BCUT2D eigenvalue weighted by molar-refractivity contribution is 6.22. The second kappa shape index (κ2) is 11.9. The fraction of sp³-hybridized carbons (Fsp3) is 0.348. The molecule has 0 saturated heterocycles. The predicted molar refractivity (Wildman–Crippen MR) is 122 cm³/mol. The first kappa shape index (κ1) is 27.7. The van der Waals surface area contributed by atoms with E-state index >= 15 is 0 Å². The third kappa shape index (κ3) is 7.54. The number of halogens is 7. The van der Waals surface area contributed by atoms with E-state index in [-0.39, 0.29) is 47.5 Å². The van der Waals surface area contributed by atoms with Gasteiger partial charge in [-0.2, -0.15) is 22.0 Å². The molecular formula is C23H20Cl2F5N3O3. The van der Waals surface area contributed by atoms with E-state index in [1.165, 1.54) is 37.4 Å². The second-order valence-corrected chi connectivity index (χ2v) is 8.55. The molecule has 1 aliphatic carbocycles. The van der Waals surface area contributed by atoms with E-state index in [4.69, 9.17) is 27.9 Å². The molecule has 0 bridgehead atoms. The molecule has 0 saturated carbocycles. The van der Waals surface area contributed by atoms with Crippen LogP contribution in [0.3, 0.4) is 0 Å². The molecule has 1 aromatic carbocycles. The molecule has 2 atom stereocenters. The second-order valence-electron chi connectivity index (χ2n) is 7.71. The van der Waals surface area contributed by atoms with Gasteiger partial charge in [0.25, 0.3) is 5.91 Å². The van der Waals surface area contributed by atoms with Crippen molar-refractivity contribution in [2.45, 2.75) is 44.0 Å². The van der Waals surface area contributed by atoms with Gasteiger partial charge in [0.2, 0.25) is 0 Å². The van der Waals surface area contributed by atoms with Crippen molar-refractivity contribution in [2.24, 2.45) is 0 Å². The summed E-state index contributed by atoms with van der Waals surface area (Å²) >= 11 is 12.3. The zero-order valence-electron chi connectivity index (χ0n) is 18.7. The maximum Gasteiger partial charge on any atom is 0.416 e. The molecule has 0 aliphatic heterocycles. The number of alkyl halides is 7. The first-order chi connectivity index (χ1) is 17.0. The molecule has 1 heterocycles. The third-order valence-electron chi connectivity index (χ3n) is 4.99. The normalized spacial score (nSPS) is 16.8. The summed E-state index contributed by atoms with van der Waals surface area (Å²) in [6.07, 6.45) is -0.242. The molecule has 6 nitrogen and oxygen atoms in total. The topological polar surface area (TPSA) is 73.3 Å². The molecule has 2 aromatic rings. The van der Waals surface area contributed by atoms with Crippen molar-refractivity contribution in [2.75, 3.05) is 5.88 Å². The van der Waals surface area contributed by atoms with Gasteiger partial charge >= 0.3 is 12.8 Å². The summed E-state index contributed by atoms with van der Waals surface area (Å²) in [5.41, 5.74) is -0.486. The van der Waals surface area contributed by atoms with E-state index in [9.17, 15) is 26.7 Å². The number of nitrogens with zero attached hydrogens (tertiary/aromatic N) is 2. The minimum atomic E-state index is -4.58. The van der Waals surface area contributed by atoms with Crippen molar-refractivity contribution in [1.29, 1.82) is 0 Å². The van der Waals surface area contributed by atoms with Gasteiger partial charge in [-0.1, -0.05) is 12.1 Å². The number of ether oxygens (including phenoxy) is 2. The van der Waals surface area contributed by atoms with Crippen LogP contribution in [0.5, 0.6) is 11.5 Å². The van der Waals surface area contributed by atoms with Crippen molar-refractivity contribution >= 4 is 29.1 Å². The molecule has 1 unspecified atom stereocenters. The number of nitrogens with one attached hydrogen (secondary N) is 1. The van der Waals surface area contributed by atoms with Crippen LogP contribution in [0.15, 0.2) is 53.9 Å². The van der Waals surface area contributed by atoms with Gasteiger partial charge in [0, 0.05) is 18.3 Å². The number of aromatic nitrogens is 2. The summed E-state index contributed by atoms with van der Waals surface area (Å²) in [6.45, 7) is -1.44. The predicted octanol–water partition coefficient (Wildman–Crippen LogP) is 6.38. The lowest BCUT2D eigenvalue weighted by molar-refractivity contribution is -0.137. The van der Waals surface area contributed by atoms with Crippen LogP contribution in [-0.2, 0) is 10.9 Å². The van der Waals surface area contributed by atoms with Crippen LogP contribution < -0.4 is 10.1 Å². The van der Waals surface area contributed by atoms with Crippen LogP contribution >= 0.6 is 23.2 Å². The lowest BCUT2D eigenvalue weighted by Crippen LogP contribution is -2.38. The summed E-state index contributed by atoms with van der Waals surface area (Å²) in [5, 5.41) is 2.04. The van der Waals surface area contributed by atoms with Gasteiger partial charge in [-0.15, -0.1) is 23.2 Å². The number of hydrogen-bond acceptors (Lipinski definition) is 5.